The number of carboxylic acid groups (broad SMARTS) is 1. The van der Waals surface area contributed by atoms with E-state index >= 15 is 0 Å². The molecule has 86 valence electrons. The maximum Gasteiger partial charge on any atom is 0.305 e. The van der Waals surface area contributed by atoms with E-state index in [0.29, 0.717) is 13.2 Å². The van der Waals surface area contributed by atoms with Crippen molar-refractivity contribution in [3.05, 3.63) is 24.5 Å². The monoisotopic (exact) mass is 222 g/mol. The van der Waals surface area contributed by atoms with Crippen molar-refractivity contribution < 1.29 is 14.6 Å². The predicted octanol–water partition coefficient (Wildman–Crippen LogP) is 0.761. The fourth-order valence-electron chi connectivity index (χ4n) is 1.90. The Kier molecular flexibility index (Phi) is 3.36. The number of aromatic nitrogens is 1. The largest absolute Gasteiger partial charge is 0.481 e. The van der Waals surface area contributed by atoms with E-state index in [1.54, 1.807) is 12.4 Å². The molecular weight excluding hydrogens is 208 g/mol. The van der Waals surface area contributed by atoms with Crippen LogP contribution in [0.25, 0.3) is 0 Å². The molecule has 1 aliphatic heterocycles. The number of hydrogen-bond acceptors (Lipinski definition) is 4. The van der Waals surface area contributed by atoms with Crippen LogP contribution in [0.1, 0.15) is 6.42 Å². The van der Waals surface area contributed by atoms with Crippen LogP contribution in [0.3, 0.4) is 0 Å². The van der Waals surface area contributed by atoms with Gasteiger partial charge in [-0.1, -0.05) is 0 Å². The standard InChI is InChI=1S/C11H14N2O3/c14-11(15)7-10-8-16-6-5-13(10)9-1-3-12-4-2-9/h1-4,10H,5-8H2,(H,14,15). The zero-order valence-electron chi connectivity index (χ0n) is 8.87. The molecule has 16 heavy (non-hydrogen) atoms. The van der Waals surface area contributed by atoms with Crippen molar-refractivity contribution in [2.75, 3.05) is 24.7 Å². The van der Waals surface area contributed by atoms with Gasteiger partial charge in [-0.05, 0) is 12.1 Å². The molecule has 0 aromatic carbocycles. The highest BCUT2D eigenvalue weighted by molar-refractivity contribution is 5.68. The Morgan fingerprint density at radius 1 is 1.56 bits per heavy atom. The lowest BCUT2D eigenvalue weighted by Crippen LogP contribution is -2.46. The molecule has 1 aliphatic rings. The number of nitrogens with zero attached hydrogens (tertiary/aromatic N) is 2. The fourth-order valence-corrected chi connectivity index (χ4v) is 1.90. The number of ether oxygens (including phenoxy) is 1. The maximum absolute atomic E-state index is 10.7. The molecule has 1 fully saturated rings. The van der Waals surface area contributed by atoms with Gasteiger partial charge in [-0.25, -0.2) is 0 Å². The molecule has 0 aliphatic carbocycles. The molecule has 0 spiro atoms. The van der Waals surface area contributed by atoms with Crippen LogP contribution in [0.2, 0.25) is 0 Å². The number of carboxylic acids is 1. The summed E-state index contributed by atoms with van der Waals surface area (Å²) in [5.41, 5.74) is 1.00. The van der Waals surface area contributed by atoms with E-state index in [1.165, 1.54) is 0 Å². The van der Waals surface area contributed by atoms with E-state index in [4.69, 9.17) is 9.84 Å². The van der Waals surface area contributed by atoms with Gasteiger partial charge in [0, 0.05) is 24.6 Å². The zero-order chi connectivity index (χ0) is 11.4. The van der Waals surface area contributed by atoms with Crippen LogP contribution in [-0.2, 0) is 9.53 Å². The van der Waals surface area contributed by atoms with E-state index in [9.17, 15) is 4.79 Å². The third-order valence-corrected chi connectivity index (χ3v) is 2.63. The molecule has 5 heteroatoms. The molecule has 1 aromatic rings. The van der Waals surface area contributed by atoms with Gasteiger partial charge in [0.15, 0.2) is 0 Å². The fraction of sp³-hybridized carbons (Fsp3) is 0.455. The van der Waals surface area contributed by atoms with E-state index in [2.05, 4.69) is 9.88 Å². The Balaban J connectivity index is 2.13. The van der Waals surface area contributed by atoms with Crippen LogP contribution in [0.4, 0.5) is 5.69 Å². The maximum atomic E-state index is 10.7. The molecule has 1 aromatic heterocycles. The number of carbonyl (C=O) groups is 1. The van der Waals surface area contributed by atoms with Crippen molar-refractivity contribution in [3.8, 4) is 0 Å². The predicted molar refractivity (Wildman–Crippen MR) is 58.4 cm³/mol. The third-order valence-electron chi connectivity index (χ3n) is 2.63. The SMILES string of the molecule is O=C(O)CC1COCCN1c1ccncc1. The lowest BCUT2D eigenvalue weighted by molar-refractivity contribution is -0.138. The normalized spacial score (nSPS) is 20.8. The molecule has 0 bridgehead atoms. The molecule has 0 radical (unpaired) electrons. The Morgan fingerprint density at radius 2 is 2.31 bits per heavy atom. The molecule has 5 nitrogen and oxygen atoms in total. The summed E-state index contributed by atoms with van der Waals surface area (Å²) in [4.78, 5) is 16.8. The molecule has 2 rings (SSSR count). The second kappa shape index (κ2) is 4.94. The first-order valence-electron chi connectivity index (χ1n) is 5.23. The molecule has 0 saturated carbocycles. The average molecular weight is 222 g/mol. The smallest absolute Gasteiger partial charge is 0.305 e. The van der Waals surface area contributed by atoms with Gasteiger partial charge in [0.05, 0.1) is 25.7 Å². The lowest BCUT2D eigenvalue weighted by Gasteiger charge is -2.36. The van der Waals surface area contributed by atoms with Crippen molar-refractivity contribution >= 4 is 11.7 Å². The Morgan fingerprint density at radius 3 is 3.00 bits per heavy atom. The first-order valence-corrected chi connectivity index (χ1v) is 5.23. The van der Waals surface area contributed by atoms with Crippen LogP contribution < -0.4 is 4.90 Å². The summed E-state index contributed by atoms with van der Waals surface area (Å²) in [6, 6.07) is 3.69. The van der Waals surface area contributed by atoms with Crippen LogP contribution >= 0.6 is 0 Å². The van der Waals surface area contributed by atoms with Crippen molar-refractivity contribution in [1.82, 2.24) is 4.98 Å². The molecule has 0 amide bonds. The van der Waals surface area contributed by atoms with E-state index in [1.807, 2.05) is 12.1 Å². The van der Waals surface area contributed by atoms with Crippen LogP contribution in [0.5, 0.6) is 0 Å². The van der Waals surface area contributed by atoms with Gasteiger partial charge in [-0.3, -0.25) is 9.78 Å². The highest BCUT2D eigenvalue weighted by atomic mass is 16.5. The second-order valence-corrected chi connectivity index (χ2v) is 3.73. The van der Waals surface area contributed by atoms with Gasteiger partial charge in [-0.2, -0.15) is 0 Å². The lowest BCUT2D eigenvalue weighted by atomic mass is 10.1. The summed E-state index contributed by atoms with van der Waals surface area (Å²) in [5, 5.41) is 8.84. The van der Waals surface area contributed by atoms with Gasteiger partial charge in [0.2, 0.25) is 0 Å². The van der Waals surface area contributed by atoms with Crippen molar-refractivity contribution in [2.24, 2.45) is 0 Å². The minimum atomic E-state index is -0.797. The molecule has 2 heterocycles. The van der Waals surface area contributed by atoms with Crippen LogP contribution in [-0.4, -0.2) is 41.9 Å². The molecule has 1 saturated heterocycles. The van der Waals surface area contributed by atoms with E-state index in [0.717, 1.165) is 12.2 Å². The highest BCUT2D eigenvalue weighted by Gasteiger charge is 2.25. The van der Waals surface area contributed by atoms with Crippen molar-refractivity contribution in [1.29, 1.82) is 0 Å². The number of pyridine rings is 1. The number of rotatable bonds is 3. The van der Waals surface area contributed by atoms with Gasteiger partial charge >= 0.3 is 5.97 Å². The molecule has 1 N–H and O–H groups in total. The second-order valence-electron chi connectivity index (χ2n) is 3.73. The Bertz CT molecular complexity index is 356. The summed E-state index contributed by atoms with van der Waals surface area (Å²) in [6.45, 7) is 1.83. The average Bonchev–Trinajstić information content (AvgIpc) is 2.30. The quantitative estimate of drug-likeness (QED) is 0.818. The highest BCUT2D eigenvalue weighted by Crippen LogP contribution is 2.20. The van der Waals surface area contributed by atoms with Crippen molar-refractivity contribution in [3.63, 3.8) is 0 Å². The summed E-state index contributed by atoms with van der Waals surface area (Å²) in [5.74, 6) is -0.797. The minimum Gasteiger partial charge on any atom is -0.481 e. The van der Waals surface area contributed by atoms with Crippen LogP contribution in [0.15, 0.2) is 24.5 Å². The summed E-state index contributed by atoms with van der Waals surface area (Å²) in [6.07, 6.45) is 3.52. The van der Waals surface area contributed by atoms with E-state index < -0.39 is 5.97 Å². The number of anilines is 1. The molecule has 1 atom stereocenters. The Hall–Kier alpha value is -1.62. The van der Waals surface area contributed by atoms with Crippen LogP contribution in [0, 0.1) is 0 Å². The molecule has 1 unspecified atom stereocenters. The summed E-state index contributed by atoms with van der Waals surface area (Å²) >= 11 is 0. The molecular formula is C11H14N2O3. The number of morpholine rings is 1. The van der Waals surface area contributed by atoms with Gasteiger partial charge in [0.1, 0.15) is 0 Å². The topological polar surface area (TPSA) is 62.7 Å². The van der Waals surface area contributed by atoms with E-state index in [-0.39, 0.29) is 12.5 Å². The van der Waals surface area contributed by atoms with Gasteiger partial charge < -0.3 is 14.7 Å². The summed E-state index contributed by atoms with van der Waals surface area (Å²) in [7, 11) is 0. The van der Waals surface area contributed by atoms with Crippen molar-refractivity contribution in [2.45, 2.75) is 12.5 Å². The van der Waals surface area contributed by atoms with Gasteiger partial charge in [-0.15, -0.1) is 0 Å². The minimum absolute atomic E-state index is 0.0892. The first-order chi connectivity index (χ1) is 7.77. The Labute approximate surface area is 93.7 Å². The first kappa shape index (κ1) is 10.9. The number of hydrogen-bond donors (Lipinski definition) is 1. The summed E-state index contributed by atoms with van der Waals surface area (Å²) < 4.78 is 5.31. The zero-order valence-corrected chi connectivity index (χ0v) is 8.87. The number of aliphatic carboxylic acids is 1. The third kappa shape index (κ3) is 2.49. The van der Waals surface area contributed by atoms with Gasteiger partial charge in [0.25, 0.3) is 0 Å².